The van der Waals surface area contributed by atoms with E-state index in [0.717, 1.165) is 51.4 Å². The van der Waals surface area contributed by atoms with Gasteiger partial charge in [-0.1, -0.05) is 69.2 Å². The number of methoxy groups -OCH3 is 1. The molecule has 0 fully saturated rings. The molecule has 1 aliphatic rings. The van der Waals surface area contributed by atoms with Crippen molar-refractivity contribution in [1.82, 2.24) is 0 Å². The number of hydrogen-bond acceptors (Lipinski definition) is 6. The molecule has 1 rings (SSSR count). The van der Waals surface area contributed by atoms with Gasteiger partial charge in [0.2, 0.25) is 0 Å². The van der Waals surface area contributed by atoms with Gasteiger partial charge in [-0.05, 0) is 19.3 Å². The summed E-state index contributed by atoms with van der Waals surface area (Å²) in [4.78, 5) is 21.2. The number of rotatable bonds is 16. The fourth-order valence-corrected chi connectivity index (χ4v) is 3.30. The molecule has 3 atom stereocenters. The molecule has 6 nitrogen and oxygen atoms in total. The summed E-state index contributed by atoms with van der Waals surface area (Å²) >= 11 is 0. The SMILES string of the molecule is CCCCCCC(/C=C\[C@@H](CCCCCCC(=O)OC)C1CC=NO1)OO. The van der Waals surface area contributed by atoms with E-state index in [1.165, 1.54) is 26.4 Å². The molecule has 1 aliphatic heterocycles. The second-order valence-corrected chi connectivity index (χ2v) is 7.24. The maximum atomic E-state index is 11.1. The highest BCUT2D eigenvalue weighted by atomic mass is 17.1. The van der Waals surface area contributed by atoms with Gasteiger partial charge in [-0.2, -0.15) is 0 Å². The van der Waals surface area contributed by atoms with Crippen LogP contribution in [0.15, 0.2) is 17.3 Å². The molecule has 6 heteroatoms. The van der Waals surface area contributed by atoms with Crippen LogP contribution in [0.3, 0.4) is 0 Å². The van der Waals surface area contributed by atoms with Crippen LogP contribution < -0.4 is 0 Å². The Bertz CT molecular complexity index is 430. The Labute approximate surface area is 163 Å². The molecule has 0 aliphatic carbocycles. The van der Waals surface area contributed by atoms with Crippen LogP contribution in [0.2, 0.25) is 0 Å². The van der Waals surface area contributed by atoms with E-state index in [-0.39, 0.29) is 24.1 Å². The van der Waals surface area contributed by atoms with Crippen molar-refractivity contribution in [3.63, 3.8) is 0 Å². The summed E-state index contributed by atoms with van der Waals surface area (Å²) in [5, 5.41) is 13.1. The van der Waals surface area contributed by atoms with E-state index in [9.17, 15) is 4.79 Å². The molecule has 2 unspecified atom stereocenters. The number of unbranched alkanes of at least 4 members (excludes halogenated alkanes) is 6. The van der Waals surface area contributed by atoms with Crippen molar-refractivity contribution in [2.24, 2.45) is 11.1 Å². The zero-order chi connectivity index (χ0) is 19.7. The topological polar surface area (TPSA) is 77.4 Å². The van der Waals surface area contributed by atoms with E-state index >= 15 is 0 Å². The molecule has 0 bridgehead atoms. The van der Waals surface area contributed by atoms with E-state index in [1.807, 2.05) is 12.3 Å². The minimum Gasteiger partial charge on any atom is -0.469 e. The maximum absolute atomic E-state index is 11.1. The predicted octanol–water partition coefficient (Wildman–Crippen LogP) is 5.28. The lowest BCUT2D eigenvalue weighted by molar-refractivity contribution is -0.267. The molecule has 0 spiro atoms. The van der Waals surface area contributed by atoms with Gasteiger partial charge in [0.05, 0.1) is 7.11 Å². The first-order valence-electron chi connectivity index (χ1n) is 10.4. The van der Waals surface area contributed by atoms with E-state index in [2.05, 4.69) is 27.8 Å². The van der Waals surface area contributed by atoms with E-state index in [0.29, 0.717) is 6.42 Å². The molecule has 0 saturated heterocycles. The first-order valence-corrected chi connectivity index (χ1v) is 10.4. The molecule has 1 heterocycles. The Morgan fingerprint density at radius 1 is 1.19 bits per heavy atom. The highest BCUT2D eigenvalue weighted by Gasteiger charge is 2.23. The molecule has 156 valence electrons. The monoisotopic (exact) mass is 383 g/mol. The van der Waals surface area contributed by atoms with Crippen molar-refractivity contribution in [2.75, 3.05) is 7.11 Å². The van der Waals surface area contributed by atoms with Crippen molar-refractivity contribution in [3.05, 3.63) is 12.2 Å². The van der Waals surface area contributed by atoms with Crippen molar-refractivity contribution in [2.45, 2.75) is 96.2 Å². The third-order valence-corrected chi connectivity index (χ3v) is 5.03. The summed E-state index contributed by atoms with van der Waals surface area (Å²) in [6.45, 7) is 2.18. The lowest BCUT2D eigenvalue weighted by atomic mass is 9.92. The predicted molar refractivity (Wildman–Crippen MR) is 107 cm³/mol. The average molecular weight is 384 g/mol. The molecular weight excluding hydrogens is 346 g/mol. The van der Waals surface area contributed by atoms with Gasteiger partial charge in [0.1, 0.15) is 12.2 Å². The summed E-state index contributed by atoms with van der Waals surface area (Å²) in [6, 6.07) is 0. The summed E-state index contributed by atoms with van der Waals surface area (Å²) in [6.07, 6.45) is 17.5. The number of ether oxygens (including phenoxy) is 1. The molecule has 0 aromatic rings. The van der Waals surface area contributed by atoms with Crippen LogP contribution in [0.1, 0.15) is 84.0 Å². The molecule has 1 N–H and O–H groups in total. The fourth-order valence-electron chi connectivity index (χ4n) is 3.30. The average Bonchev–Trinajstić information content (AvgIpc) is 3.22. The molecule has 27 heavy (non-hydrogen) atoms. The molecule has 0 amide bonds. The quantitative estimate of drug-likeness (QED) is 0.129. The van der Waals surface area contributed by atoms with Gasteiger partial charge in [-0.3, -0.25) is 10.1 Å². The normalized spacial score (nSPS) is 18.6. The van der Waals surface area contributed by atoms with Crippen LogP contribution in [-0.2, 0) is 19.3 Å². The van der Waals surface area contributed by atoms with Gasteiger partial charge in [-0.15, -0.1) is 0 Å². The third kappa shape index (κ3) is 11.1. The van der Waals surface area contributed by atoms with Gasteiger partial charge in [0.15, 0.2) is 0 Å². The number of carbonyl (C=O) groups excluding carboxylic acids is 1. The molecule has 0 aromatic heterocycles. The Morgan fingerprint density at radius 3 is 2.59 bits per heavy atom. The standard InChI is InChI=1S/C21H37NO5/c1-3-4-5-9-12-19(27-24)15-14-18(20-16-17-22-26-20)11-8-6-7-10-13-21(23)25-2/h14-15,17-20,24H,3-13,16H2,1-2H3/b15-14-/t18-,19?,20?/m1/s1. The lowest BCUT2D eigenvalue weighted by Gasteiger charge is -2.19. The lowest BCUT2D eigenvalue weighted by Crippen LogP contribution is -2.19. The molecule has 0 saturated carbocycles. The Hall–Kier alpha value is -1.40. The van der Waals surface area contributed by atoms with Crippen LogP contribution in [0.5, 0.6) is 0 Å². The summed E-state index contributed by atoms with van der Waals surface area (Å²) in [7, 11) is 1.43. The van der Waals surface area contributed by atoms with Crippen LogP contribution >= 0.6 is 0 Å². The molecule has 0 aromatic carbocycles. The zero-order valence-corrected chi connectivity index (χ0v) is 17.0. The Morgan fingerprint density at radius 2 is 1.93 bits per heavy atom. The first-order chi connectivity index (χ1) is 13.2. The van der Waals surface area contributed by atoms with E-state index in [4.69, 9.17) is 10.1 Å². The summed E-state index contributed by atoms with van der Waals surface area (Å²) in [5.41, 5.74) is 0. The minimum atomic E-state index is -0.258. The second kappa shape index (κ2) is 15.6. The van der Waals surface area contributed by atoms with Crippen molar-refractivity contribution >= 4 is 12.2 Å². The van der Waals surface area contributed by atoms with Crippen molar-refractivity contribution in [1.29, 1.82) is 0 Å². The van der Waals surface area contributed by atoms with Crippen molar-refractivity contribution < 1.29 is 24.5 Å². The van der Waals surface area contributed by atoms with Crippen LogP contribution in [0.4, 0.5) is 0 Å². The van der Waals surface area contributed by atoms with Gasteiger partial charge in [0, 0.05) is 25.0 Å². The highest BCUT2D eigenvalue weighted by molar-refractivity contribution is 5.68. The largest absolute Gasteiger partial charge is 0.469 e. The van der Waals surface area contributed by atoms with Crippen LogP contribution in [-0.4, -0.2) is 36.8 Å². The van der Waals surface area contributed by atoms with Crippen LogP contribution in [0.25, 0.3) is 0 Å². The van der Waals surface area contributed by atoms with Gasteiger partial charge >= 0.3 is 5.97 Å². The Balaban J connectivity index is 2.36. The number of nitrogens with zero attached hydrogens (tertiary/aromatic N) is 1. The molecular formula is C21H37NO5. The first kappa shape index (κ1) is 23.6. The highest BCUT2D eigenvalue weighted by Crippen LogP contribution is 2.24. The smallest absolute Gasteiger partial charge is 0.305 e. The van der Waals surface area contributed by atoms with Crippen LogP contribution in [0, 0.1) is 5.92 Å². The maximum Gasteiger partial charge on any atom is 0.305 e. The second-order valence-electron chi connectivity index (χ2n) is 7.24. The Kier molecular flexibility index (Phi) is 13.7. The summed E-state index contributed by atoms with van der Waals surface area (Å²) in [5.74, 6) is 0.114. The minimum absolute atomic E-state index is 0.0655. The number of oxime groups is 1. The molecule has 0 radical (unpaired) electrons. The number of esters is 1. The number of hydrogen-bond donors (Lipinski definition) is 1. The van der Waals surface area contributed by atoms with E-state index < -0.39 is 0 Å². The zero-order valence-electron chi connectivity index (χ0n) is 17.0. The number of carbonyl (C=O) groups is 1. The summed E-state index contributed by atoms with van der Waals surface area (Å²) < 4.78 is 4.66. The van der Waals surface area contributed by atoms with Gasteiger partial charge < -0.3 is 9.57 Å². The van der Waals surface area contributed by atoms with Gasteiger partial charge in [0.25, 0.3) is 0 Å². The third-order valence-electron chi connectivity index (χ3n) is 5.03. The fraction of sp³-hybridized carbons (Fsp3) is 0.810. The van der Waals surface area contributed by atoms with E-state index in [1.54, 1.807) is 0 Å². The van der Waals surface area contributed by atoms with Gasteiger partial charge in [-0.25, -0.2) is 4.89 Å². The van der Waals surface area contributed by atoms with Crippen molar-refractivity contribution in [3.8, 4) is 0 Å².